The normalized spacial score (nSPS) is 26.6. The number of hydrogen-bond donors (Lipinski definition) is 2. The molecule has 24 heavy (non-hydrogen) atoms. The molecule has 2 N–H and O–H groups in total. The highest BCUT2D eigenvalue weighted by Gasteiger charge is 2.55. The molecule has 1 saturated heterocycles. The number of imide groups is 1. The van der Waals surface area contributed by atoms with Crippen molar-refractivity contribution in [3.05, 3.63) is 27.8 Å². The maximum atomic E-state index is 12.8. The summed E-state index contributed by atoms with van der Waals surface area (Å²) in [7, 11) is 0. The zero-order chi connectivity index (χ0) is 17.3. The molecule has 0 radical (unpaired) electrons. The predicted octanol–water partition coefficient (Wildman–Crippen LogP) is 2.73. The van der Waals surface area contributed by atoms with Crippen LogP contribution in [0.2, 0.25) is 0 Å². The number of nitrogens with zero attached hydrogens (tertiary/aromatic N) is 1. The molecule has 6 nitrogen and oxygen atoms in total. The van der Waals surface area contributed by atoms with Crippen LogP contribution in [0.25, 0.3) is 0 Å². The maximum Gasteiger partial charge on any atom is 0.325 e. The van der Waals surface area contributed by atoms with Crippen molar-refractivity contribution in [1.29, 1.82) is 0 Å². The molecule has 1 aliphatic heterocycles. The van der Waals surface area contributed by atoms with Crippen LogP contribution in [0, 0.1) is 9.49 Å². The quantitative estimate of drug-likeness (QED) is 0.560. The van der Waals surface area contributed by atoms with Crippen molar-refractivity contribution in [2.24, 2.45) is 5.92 Å². The van der Waals surface area contributed by atoms with Gasteiger partial charge >= 0.3 is 6.03 Å². The maximum absolute atomic E-state index is 12.8. The fourth-order valence-electron chi connectivity index (χ4n) is 3.52. The fraction of sp³-hybridized carbons (Fsp3) is 0.471. The van der Waals surface area contributed by atoms with Gasteiger partial charge in [-0.1, -0.05) is 19.8 Å². The van der Waals surface area contributed by atoms with Crippen LogP contribution in [0.1, 0.15) is 32.6 Å². The van der Waals surface area contributed by atoms with Gasteiger partial charge in [0.2, 0.25) is 5.91 Å². The molecular formula is C17H20IN3O3. The van der Waals surface area contributed by atoms with Gasteiger partial charge in [0.25, 0.3) is 5.91 Å². The number of carbonyl (C=O) groups is 3. The van der Waals surface area contributed by atoms with Gasteiger partial charge in [-0.15, -0.1) is 0 Å². The van der Waals surface area contributed by atoms with Gasteiger partial charge < -0.3 is 10.6 Å². The average Bonchev–Trinajstić information content (AvgIpc) is 2.78. The van der Waals surface area contributed by atoms with Gasteiger partial charge in [-0.2, -0.15) is 0 Å². The molecule has 3 rings (SSSR count). The summed E-state index contributed by atoms with van der Waals surface area (Å²) < 4.78 is 1.06. The number of hydrogen-bond acceptors (Lipinski definition) is 3. The predicted molar refractivity (Wildman–Crippen MR) is 98.4 cm³/mol. The number of nitrogens with one attached hydrogen (secondary N) is 2. The van der Waals surface area contributed by atoms with Crippen LogP contribution in [-0.2, 0) is 9.59 Å². The third kappa shape index (κ3) is 3.13. The Morgan fingerprint density at radius 2 is 2.04 bits per heavy atom. The van der Waals surface area contributed by atoms with E-state index in [0.29, 0.717) is 12.1 Å². The molecule has 2 aliphatic rings. The highest BCUT2D eigenvalue weighted by Crippen LogP contribution is 2.38. The molecule has 1 aromatic rings. The first-order valence-electron chi connectivity index (χ1n) is 8.12. The molecule has 2 atom stereocenters. The van der Waals surface area contributed by atoms with Crippen LogP contribution in [0.4, 0.5) is 10.5 Å². The molecule has 0 aromatic heterocycles. The molecule has 7 heteroatoms. The molecule has 0 unspecified atom stereocenters. The lowest BCUT2D eigenvalue weighted by Gasteiger charge is -2.36. The monoisotopic (exact) mass is 441 g/mol. The largest absolute Gasteiger partial charge is 0.325 e. The van der Waals surface area contributed by atoms with Gasteiger partial charge in [0.15, 0.2) is 0 Å². The van der Waals surface area contributed by atoms with Crippen LogP contribution in [0.3, 0.4) is 0 Å². The molecular weight excluding hydrogens is 421 g/mol. The van der Waals surface area contributed by atoms with E-state index in [-0.39, 0.29) is 24.3 Å². The number of rotatable bonds is 3. The van der Waals surface area contributed by atoms with Gasteiger partial charge in [0.05, 0.1) is 0 Å². The first kappa shape index (κ1) is 17.2. The fourth-order valence-corrected chi connectivity index (χ4v) is 3.88. The van der Waals surface area contributed by atoms with Gasteiger partial charge in [-0.3, -0.25) is 14.5 Å². The Morgan fingerprint density at radius 3 is 2.71 bits per heavy atom. The van der Waals surface area contributed by atoms with Gasteiger partial charge in [0, 0.05) is 9.26 Å². The topological polar surface area (TPSA) is 78.5 Å². The Balaban J connectivity index is 1.68. The van der Waals surface area contributed by atoms with Crippen LogP contribution in [0.15, 0.2) is 24.3 Å². The molecule has 4 amide bonds. The second-order valence-electron chi connectivity index (χ2n) is 6.49. The summed E-state index contributed by atoms with van der Waals surface area (Å²) >= 11 is 2.18. The molecule has 1 aromatic carbocycles. The molecule has 0 bridgehead atoms. The Kier molecular flexibility index (Phi) is 4.80. The second kappa shape index (κ2) is 6.70. The first-order chi connectivity index (χ1) is 11.4. The van der Waals surface area contributed by atoms with Gasteiger partial charge in [-0.05, 0) is 65.6 Å². The van der Waals surface area contributed by atoms with Crippen LogP contribution < -0.4 is 10.6 Å². The smallest absolute Gasteiger partial charge is 0.325 e. The minimum absolute atomic E-state index is 0.0898. The Morgan fingerprint density at radius 1 is 1.33 bits per heavy atom. The van der Waals surface area contributed by atoms with Crippen molar-refractivity contribution < 1.29 is 14.4 Å². The van der Waals surface area contributed by atoms with E-state index in [1.165, 1.54) is 0 Å². The van der Waals surface area contributed by atoms with Crippen LogP contribution in [0.5, 0.6) is 0 Å². The number of urea groups is 1. The molecule has 1 saturated carbocycles. The number of carbonyl (C=O) groups excluding carboxylic acids is 3. The minimum atomic E-state index is -0.821. The van der Waals surface area contributed by atoms with E-state index in [4.69, 9.17) is 0 Å². The molecule has 1 spiro atoms. The summed E-state index contributed by atoms with van der Waals surface area (Å²) in [6, 6.07) is 6.86. The van der Waals surface area contributed by atoms with E-state index in [0.717, 1.165) is 27.7 Å². The molecule has 1 heterocycles. The lowest BCUT2D eigenvalue weighted by Crippen LogP contribution is -2.54. The van der Waals surface area contributed by atoms with Crippen molar-refractivity contribution in [3.63, 3.8) is 0 Å². The molecule has 1 aliphatic carbocycles. The van der Waals surface area contributed by atoms with E-state index in [1.54, 1.807) is 12.1 Å². The number of halogens is 1. The second-order valence-corrected chi connectivity index (χ2v) is 7.74. The minimum Gasteiger partial charge on any atom is -0.325 e. The van der Waals surface area contributed by atoms with E-state index in [1.807, 2.05) is 19.1 Å². The van der Waals surface area contributed by atoms with Gasteiger partial charge in [0.1, 0.15) is 12.1 Å². The first-order valence-corrected chi connectivity index (χ1v) is 9.20. The highest BCUT2D eigenvalue weighted by atomic mass is 127. The third-order valence-corrected chi connectivity index (χ3v) is 5.65. The third-order valence-electron chi connectivity index (χ3n) is 4.93. The standard InChI is InChI=1S/C17H20IN3O3/c1-11-4-2-3-9-17(11)15(23)21(16(24)20-17)10-14(22)19-13-7-5-12(18)6-8-13/h5-8,11H,2-4,9-10H2,1H3,(H,19,22)(H,20,24)/t11-,17-/m0/s1. The van der Waals surface area contributed by atoms with Crippen molar-refractivity contribution in [2.75, 3.05) is 11.9 Å². The SMILES string of the molecule is C[C@H]1CCCC[C@]12NC(=O)N(CC(=O)Nc1ccc(I)cc1)C2=O. The summed E-state index contributed by atoms with van der Waals surface area (Å²) in [6.07, 6.45) is 3.54. The number of anilines is 1. The summed E-state index contributed by atoms with van der Waals surface area (Å²) in [5.41, 5.74) is -0.174. The Labute approximate surface area is 154 Å². The molecule has 128 valence electrons. The zero-order valence-corrected chi connectivity index (χ0v) is 15.6. The summed E-state index contributed by atoms with van der Waals surface area (Å²) in [4.78, 5) is 38.3. The summed E-state index contributed by atoms with van der Waals surface area (Å²) in [5, 5.41) is 5.58. The van der Waals surface area contributed by atoms with Crippen LogP contribution in [-0.4, -0.2) is 34.8 Å². The lowest BCUT2D eigenvalue weighted by atomic mass is 9.73. The Hall–Kier alpha value is -1.64. The van der Waals surface area contributed by atoms with E-state index in [9.17, 15) is 14.4 Å². The zero-order valence-electron chi connectivity index (χ0n) is 13.5. The lowest BCUT2D eigenvalue weighted by molar-refractivity contribution is -0.136. The van der Waals surface area contributed by atoms with Crippen LogP contribution >= 0.6 is 22.6 Å². The van der Waals surface area contributed by atoms with Gasteiger partial charge in [-0.25, -0.2) is 4.79 Å². The molecule has 2 fully saturated rings. The van der Waals surface area contributed by atoms with Crippen molar-refractivity contribution in [1.82, 2.24) is 10.2 Å². The highest BCUT2D eigenvalue weighted by molar-refractivity contribution is 14.1. The van der Waals surface area contributed by atoms with Crippen molar-refractivity contribution in [2.45, 2.75) is 38.1 Å². The summed E-state index contributed by atoms with van der Waals surface area (Å²) in [6.45, 7) is 1.73. The number of amides is 4. The van der Waals surface area contributed by atoms with Crippen molar-refractivity contribution >= 4 is 46.1 Å². The van der Waals surface area contributed by atoms with E-state index < -0.39 is 11.6 Å². The number of benzene rings is 1. The van der Waals surface area contributed by atoms with E-state index in [2.05, 4.69) is 33.2 Å². The summed E-state index contributed by atoms with van der Waals surface area (Å²) in [5.74, 6) is -0.551. The van der Waals surface area contributed by atoms with Crippen molar-refractivity contribution in [3.8, 4) is 0 Å². The Bertz CT molecular complexity index is 676. The van der Waals surface area contributed by atoms with E-state index >= 15 is 0 Å². The average molecular weight is 441 g/mol.